The fraction of sp³-hybridized carbons (Fsp3) is 0.727. The summed E-state index contributed by atoms with van der Waals surface area (Å²) >= 11 is 0. The maximum atomic E-state index is 9.33. The third kappa shape index (κ3) is 3.32. The average molecular weight is 211 g/mol. The van der Waals surface area contributed by atoms with Gasteiger partial charge in [0.2, 0.25) is 0 Å². The van der Waals surface area contributed by atoms with Crippen molar-refractivity contribution < 1.29 is 5.11 Å². The van der Waals surface area contributed by atoms with Crippen LogP contribution < -0.4 is 5.32 Å². The van der Waals surface area contributed by atoms with E-state index in [-0.39, 0.29) is 12.6 Å². The van der Waals surface area contributed by atoms with Gasteiger partial charge in [0.25, 0.3) is 0 Å². The zero-order chi connectivity index (χ0) is 11.3. The number of nitrogens with zero attached hydrogens (tertiary/aromatic N) is 2. The maximum Gasteiger partial charge on any atom is 0.0627 e. The number of hydrogen-bond acceptors (Lipinski definition) is 3. The maximum absolute atomic E-state index is 9.33. The highest BCUT2D eigenvalue weighted by Crippen LogP contribution is 2.13. The van der Waals surface area contributed by atoms with Crippen LogP contribution in [0.15, 0.2) is 12.4 Å². The van der Waals surface area contributed by atoms with Crippen molar-refractivity contribution in [2.45, 2.75) is 38.8 Å². The lowest BCUT2D eigenvalue weighted by molar-refractivity contribution is 0.230. The molecule has 1 unspecified atom stereocenters. The van der Waals surface area contributed by atoms with Crippen molar-refractivity contribution in [1.29, 1.82) is 0 Å². The Morgan fingerprint density at radius 1 is 1.47 bits per heavy atom. The number of aromatic nitrogens is 2. The zero-order valence-electron chi connectivity index (χ0n) is 9.77. The molecule has 0 fully saturated rings. The first-order valence-electron chi connectivity index (χ1n) is 5.56. The molecule has 1 atom stereocenters. The Kier molecular flexibility index (Phi) is 4.78. The molecule has 86 valence electrons. The average Bonchev–Trinajstić information content (AvgIpc) is 2.67. The van der Waals surface area contributed by atoms with Gasteiger partial charge in [0, 0.05) is 24.8 Å². The van der Waals surface area contributed by atoms with Crippen molar-refractivity contribution in [1.82, 2.24) is 15.1 Å². The molecule has 0 aromatic carbocycles. The van der Waals surface area contributed by atoms with Crippen LogP contribution in [0.3, 0.4) is 0 Å². The van der Waals surface area contributed by atoms with Gasteiger partial charge in [0.05, 0.1) is 18.8 Å². The van der Waals surface area contributed by atoms with Gasteiger partial charge in [0.15, 0.2) is 0 Å². The van der Waals surface area contributed by atoms with Crippen LogP contribution in [-0.2, 0) is 7.05 Å². The number of aliphatic hydroxyl groups excluding tert-OH is 1. The summed E-state index contributed by atoms with van der Waals surface area (Å²) in [4.78, 5) is 0. The second-order valence-corrected chi connectivity index (χ2v) is 3.86. The summed E-state index contributed by atoms with van der Waals surface area (Å²) in [5.41, 5.74) is 1.05. The molecule has 1 aromatic heterocycles. The molecular weight excluding hydrogens is 190 g/mol. The molecule has 0 spiro atoms. The largest absolute Gasteiger partial charge is 0.394 e. The van der Waals surface area contributed by atoms with Crippen molar-refractivity contribution in [3.8, 4) is 0 Å². The minimum atomic E-state index is 0.00333. The van der Waals surface area contributed by atoms with Gasteiger partial charge in [-0.15, -0.1) is 0 Å². The first kappa shape index (κ1) is 12.2. The smallest absolute Gasteiger partial charge is 0.0627 e. The molecule has 1 aromatic rings. The molecule has 0 aliphatic carbocycles. The van der Waals surface area contributed by atoms with Gasteiger partial charge in [-0.2, -0.15) is 5.10 Å². The molecule has 4 heteroatoms. The molecule has 0 saturated heterocycles. The van der Waals surface area contributed by atoms with Crippen LogP contribution in [0.2, 0.25) is 0 Å². The summed E-state index contributed by atoms with van der Waals surface area (Å²) < 4.78 is 1.76. The van der Waals surface area contributed by atoms with Crippen molar-refractivity contribution in [3.05, 3.63) is 18.0 Å². The van der Waals surface area contributed by atoms with Gasteiger partial charge in [-0.1, -0.05) is 13.8 Å². The topological polar surface area (TPSA) is 50.1 Å². The lowest BCUT2D eigenvalue weighted by Gasteiger charge is -2.21. The fourth-order valence-electron chi connectivity index (χ4n) is 1.68. The van der Waals surface area contributed by atoms with Crippen LogP contribution in [0.5, 0.6) is 0 Å². The molecule has 0 saturated carbocycles. The van der Waals surface area contributed by atoms with E-state index in [1.54, 1.807) is 10.9 Å². The van der Waals surface area contributed by atoms with Crippen molar-refractivity contribution in [2.75, 3.05) is 6.61 Å². The van der Waals surface area contributed by atoms with E-state index >= 15 is 0 Å². The minimum absolute atomic E-state index is 0.00333. The Hall–Kier alpha value is -0.870. The van der Waals surface area contributed by atoms with Gasteiger partial charge in [-0.05, 0) is 12.8 Å². The van der Waals surface area contributed by atoms with Gasteiger partial charge >= 0.3 is 0 Å². The SMILES string of the molecule is CCC(CC)NC(CO)c1cnn(C)c1. The Labute approximate surface area is 91.3 Å². The van der Waals surface area contributed by atoms with Crippen molar-refractivity contribution >= 4 is 0 Å². The second kappa shape index (κ2) is 5.88. The molecule has 0 aliphatic heterocycles. The molecule has 2 N–H and O–H groups in total. The Morgan fingerprint density at radius 2 is 2.13 bits per heavy atom. The quantitative estimate of drug-likeness (QED) is 0.744. The first-order valence-corrected chi connectivity index (χ1v) is 5.56. The van der Waals surface area contributed by atoms with Crippen LogP contribution in [-0.4, -0.2) is 27.5 Å². The molecule has 0 amide bonds. The summed E-state index contributed by atoms with van der Waals surface area (Å²) in [6.45, 7) is 4.42. The molecule has 15 heavy (non-hydrogen) atoms. The van der Waals surface area contributed by atoms with E-state index in [2.05, 4.69) is 24.3 Å². The van der Waals surface area contributed by atoms with E-state index in [4.69, 9.17) is 0 Å². The van der Waals surface area contributed by atoms with E-state index in [9.17, 15) is 5.11 Å². The summed E-state index contributed by atoms with van der Waals surface area (Å²) in [5, 5.41) is 16.9. The first-order chi connectivity index (χ1) is 7.21. The third-order valence-electron chi connectivity index (χ3n) is 2.73. The molecule has 4 nitrogen and oxygen atoms in total. The molecule has 1 rings (SSSR count). The van der Waals surface area contributed by atoms with Gasteiger partial charge in [-0.25, -0.2) is 0 Å². The molecule has 1 heterocycles. The standard InChI is InChI=1S/C11H21N3O/c1-4-10(5-2)13-11(8-15)9-6-12-14(3)7-9/h6-7,10-11,13,15H,4-5,8H2,1-3H3. The van der Waals surface area contributed by atoms with E-state index in [1.165, 1.54) is 0 Å². The Morgan fingerprint density at radius 3 is 2.53 bits per heavy atom. The highest BCUT2D eigenvalue weighted by Gasteiger charge is 2.15. The fourth-order valence-corrected chi connectivity index (χ4v) is 1.68. The third-order valence-corrected chi connectivity index (χ3v) is 2.73. The number of nitrogens with one attached hydrogen (secondary N) is 1. The lowest BCUT2D eigenvalue weighted by atomic mass is 10.1. The zero-order valence-corrected chi connectivity index (χ0v) is 9.77. The number of aryl methyl sites for hydroxylation is 1. The van der Waals surface area contributed by atoms with E-state index in [1.807, 2.05) is 13.2 Å². The number of rotatable bonds is 6. The van der Waals surface area contributed by atoms with E-state index in [0.29, 0.717) is 6.04 Å². The summed E-state index contributed by atoms with van der Waals surface area (Å²) in [6.07, 6.45) is 5.90. The van der Waals surface area contributed by atoms with Crippen LogP contribution >= 0.6 is 0 Å². The van der Waals surface area contributed by atoms with Crippen molar-refractivity contribution in [2.24, 2.45) is 7.05 Å². The van der Waals surface area contributed by atoms with Crippen LogP contribution in [0.25, 0.3) is 0 Å². The Bertz CT molecular complexity index is 281. The Balaban J connectivity index is 2.63. The predicted molar refractivity (Wildman–Crippen MR) is 60.5 cm³/mol. The normalized spacial score (nSPS) is 13.4. The molecule has 0 bridgehead atoms. The van der Waals surface area contributed by atoms with E-state index in [0.717, 1.165) is 18.4 Å². The monoisotopic (exact) mass is 211 g/mol. The molecule has 0 radical (unpaired) electrons. The predicted octanol–water partition coefficient (Wildman–Crippen LogP) is 1.23. The summed E-state index contributed by atoms with van der Waals surface area (Å²) in [6, 6.07) is 0.464. The number of hydrogen-bond donors (Lipinski definition) is 2. The van der Waals surface area contributed by atoms with Crippen LogP contribution in [0.4, 0.5) is 0 Å². The van der Waals surface area contributed by atoms with E-state index < -0.39 is 0 Å². The minimum Gasteiger partial charge on any atom is -0.394 e. The van der Waals surface area contributed by atoms with Gasteiger partial charge in [-0.3, -0.25) is 4.68 Å². The molecule has 0 aliphatic rings. The highest BCUT2D eigenvalue weighted by atomic mass is 16.3. The highest BCUT2D eigenvalue weighted by molar-refractivity contribution is 5.10. The second-order valence-electron chi connectivity index (χ2n) is 3.86. The van der Waals surface area contributed by atoms with Crippen molar-refractivity contribution in [3.63, 3.8) is 0 Å². The lowest BCUT2D eigenvalue weighted by Crippen LogP contribution is -2.33. The molecular formula is C11H21N3O. The van der Waals surface area contributed by atoms with Crippen LogP contribution in [0, 0.1) is 0 Å². The van der Waals surface area contributed by atoms with Gasteiger partial charge in [0.1, 0.15) is 0 Å². The summed E-state index contributed by atoms with van der Waals surface area (Å²) in [5.74, 6) is 0. The van der Waals surface area contributed by atoms with Gasteiger partial charge < -0.3 is 10.4 Å². The number of aliphatic hydroxyl groups is 1. The summed E-state index contributed by atoms with van der Waals surface area (Å²) in [7, 11) is 1.88. The van der Waals surface area contributed by atoms with Crippen LogP contribution in [0.1, 0.15) is 38.3 Å².